The van der Waals surface area contributed by atoms with Gasteiger partial charge in [-0.05, 0) is 40.5 Å². The molecule has 7 rings (SSSR count). The molecule has 0 spiro atoms. The molecule has 3 amide bonds. The van der Waals surface area contributed by atoms with Crippen LogP contribution in [0.4, 0.5) is 5.69 Å². The summed E-state index contributed by atoms with van der Waals surface area (Å²) in [6, 6.07) is 19.5. The molecule has 9 heteroatoms. The Bertz CT molecular complexity index is 1350. The van der Waals surface area contributed by atoms with E-state index in [9.17, 15) is 14.4 Å². The molecule has 3 aromatic rings. The van der Waals surface area contributed by atoms with Gasteiger partial charge in [-0.3, -0.25) is 19.3 Å². The van der Waals surface area contributed by atoms with Gasteiger partial charge in [-0.25, -0.2) is 0 Å². The van der Waals surface area contributed by atoms with Gasteiger partial charge in [0.1, 0.15) is 22.0 Å². The third kappa shape index (κ3) is 2.89. The number of nitrogens with one attached hydrogen (secondary N) is 1. The zero-order valence-electron chi connectivity index (χ0n) is 18.9. The van der Waals surface area contributed by atoms with Crippen LogP contribution in [0.1, 0.15) is 22.3 Å². The molecule has 36 heavy (non-hydrogen) atoms. The molecule has 1 aliphatic heterocycles. The van der Waals surface area contributed by atoms with Crippen LogP contribution in [-0.2, 0) is 24.1 Å². The fourth-order valence-corrected chi connectivity index (χ4v) is 7.26. The van der Waals surface area contributed by atoms with Crippen LogP contribution in [0.25, 0.3) is 0 Å². The fraction of sp³-hybridized carbons (Fsp3) is 0.222. The van der Waals surface area contributed by atoms with E-state index in [1.165, 1.54) is 13.2 Å². The summed E-state index contributed by atoms with van der Waals surface area (Å²) in [7, 11) is 1.46. The first-order valence-electron chi connectivity index (χ1n) is 11.3. The van der Waals surface area contributed by atoms with Crippen molar-refractivity contribution in [1.29, 1.82) is 0 Å². The largest absolute Gasteiger partial charge is 0.495 e. The van der Waals surface area contributed by atoms with Crippen molar-refractivity contribution < 1.29 is 19.1 Å². The highest BCUT2D eigenvalue weighted by Gasteiger charge is 2.73. The molecule has 1 N–H and O–H groups in total. The van der Waals surface area contributed by atoms with Crippen LogP contribution in [0.2, 0.25) is 5.02 Å². The van der Waals surface area contributed by atoms with E-state index in [1.54, 1.807) is 12.1 Å². The van der Waals surface area contributed by atoms with Gasteiger partial charge in [-0.15, -0.1) is 23.2 Å². The van der Waals surface area contributed by atoms with Crippen LogP contribution in [0.5, 0.6) is 5.75 Å². The monoisotopic (exact) mass is 540 g/mol. The Balaban J connectivity index is 1.40. The van der Waals surface area contributed by atoms with Gasteiger partial charge in [0.25, 0.3) is 0 Å². The molecular weight excluding hydrogens is 523 g/mol. The van der Waals surface area contributed by atoms with E-state index in [4.69, 9.17) is 39.5 Å². The quantitative estimate of drug-likeness (QED) is 0.377. The lowest BCUT2D eigenvalue weighted by atomic mass is 9.54. The average molecular weight is 542 g/mol. The van der Waals surface area contributed by atoms with Gasteiger partial charge in [0.05, 0.1) is 24.6 Å². The van der Waals surface area contributed by atoms with Crippen molar-refractivity contribution in [3.63, 3.8) is 0 Å². The van der Waals surface area contributed by atoms with E-state index < -0.39 is 45.9 Å². The Morgan fingerprint density at radius 1 is 0.889 bits per heavy atom. The number of benzene rings is 3. The van der Waals surface area contributed by atoms with Crippen molar-refractivity contribution in [2.24, 2.45) is 11.8 Å². The first-order valence-corrected chi connectivity index (χ1v) is 12.4. The third-order valence-electron chi connectivity index (χ3n) is 7.41. The van der Waals surface area contributed by atoms with Crippen LogP contribution in [-0.4, -0.2) is 36.3 Å². The summed E-state index contributed by atoms with van der Waals surface area (Å²) >= 11 is 20.8. The van der Waals surface area contributed by atoms with E-state index >= 15 is 0 Å². The lowest BCUT2D eigenvalue weighted by Gasteiger charge is -2.54. The Morgan fingerprint density at radius 2 is 1.36 bits per heavy atom. The summed E-state index contributed by atoms with van der Waals surface area (Å²) < 4.78 is 5.27. The number of hydrogen-bond acceptors (Lipinski definition) is 4. The molecule has 3 aliphatic carbocycles. The smallest absolute Gasteiger partial charge is 0.244 e. The molecule has 0 aromatic heterocycles. The van der Waals surface area contributed by atoms with Gasteiger partial charge >= 0.3 is 0 Å². The Hall–Kier alpha value is -3.06. The van der Waals surface area contributed by atoms with Crippen molar-refractivity contribution in [1.82, 2.24) is 4.90 Å². The van der Waals surface area contributed by atoms with Crippen LogP contribution in [0.3, 0.4) is 0 Å². The summed E-state index contributed by atoms with van der Waals surface area (Å²) in [5.74, 6) is -3.15. The maximum atomic E-state index is 13.8. The molecule has 1 fully saturated rings. The molecule has 6 nitrogen and oxygen atoms in total. The topological polar surface area (TPSA) is 75.7 Å². The zero-order chi connectivity index (χ0) is 25.4. The number of halogens is 3. The molecule has 0 saturated carbocycles. The molecule has 0 radical (unpaired) electrons. The number of nitrogens with zero attached hydrogens (tertiary/aromatic N) is 1. The van der Waals surface area contributed by atoms with Gasteiger partial charge in [0.2, 0.25) is 17.7 Å². The maximum absolute atomic E-state index is 13.8. The van der Waals surface area contributed by atoms with E-state index in [0.717, 1.165) is 4.90 Å². The summed E-state index contributed by atoms with van der Waals surface area (Å²) in [6.07, 6.45) is 0. The Kier molecular flexibility index (Phi) is 5.17. The van der Waals surface area contributed by atoms with E-state index in [-0.39, 0.29) is 0 Å². The number of ether oxygens (including phenoxy) is 1. The number of carbonyl (C=O) groups excluding carboxylic acids is 3. The molecule has 1 heterocycles. The second-order valence-electron chi connectivity index (χ2n) is 9.13. The van der Waals surface area contributed by atoms with Crippen LogP contribution >= 0.6 is 34.8 Å². The SMILES string of the molecule is COc1ccc(Cl)cc1NC(=O)CN1C(=O)[C@H]2[C@H](C1=O)C1(Cl)c3ccccc3C2(Cl)c2ccccc21. The number of rotatable bonds is 4. The second-order valence-corrected chi connectivity index (χ2v) is 10.8. The van der Waals surface area contributed by atoms with Crippen molar-refractivity contribution in [2.45, 2.75) is 9.75 Å². The lowest BCUT2D eigenvalue weighted by Crippen LogP contribution is -2.57. The summed E-state index contributed by atoms with van der Waals surface area (Å²) in [5, 5.41) is 3.08. The number of hydrogen-bond donors (Lipinski definition) is 1. The second kappa shape index (κ2) is 7.97. The average Bonchev–Trinajstić information content (AvgIpc) is 3.13. The molecule has 1 saturated heterocycles. The highest BCUT2D eigenvalue weighted by molar-refractivity contribution is 6.36. The Morgan fingerprint density at radius 3 is 1.81 bits per heavy atom. The lowest BCUT2D eigenvalue weighted by molar-refractivity contribution is -0.142. The number of anilines is 1. The number of likely N-dealkylation sites (tertiary alicyclic amines) is 1. The summed E-state index contributed by atoms with van der Waals surface area (Å²) in [4.78, 5) is 39.0. The van der Waals surface area contributed by atoms with Crippen molar-refractivity contribution in [3.8, 4) is 5.75 Å². The number of carbonyl (C=O) groups is 3. The highest BCUT2D eigenvalue weighted by atomic mass is 35.5. The van der Waals surface area contributed by atoms with Crippen molar-refractivity contribution in [3.05, 3.63) is 94.0 Å². The van der Waals surface area contributed by atoms with Crippen LogP contribution in [0.15, 0.2) is 66.7 Å². The van der Waals surface area contributed by atoms with Crippen LogP contribution < -0.4 is 10.1 Å². The van der Waals surface area contributed by atoms with Gasteiger partial charge in [-0.2, -0.15) is 0 Å². The standard InChI is InChI=1S/C27H19Cl3N2O4/c1-36-20-11-10-14(28)12-19(20)31-21(33)13-32-24(34)22-23(25(32)35)27(30)16-7-3-2-6-15(16)26(22,29)17-8-4-5-9-18(17)27/h2-12,22-23H,13H2,1H3,(H,31,33)/t22-,23-,26?,27?/m1/s1. The minimum atomic E-state index is -1.29. The zero-order valence-corrected chi connectivity index (χ0v) is 21.2. The van der Waals surface area contributed by atoms with Crippen molar-refractivity contribution in [2.75, 3.05) is 19.0 Å². The minimum Gasteiger partial charge on any atom is -0.495 e. The van der Waals surface area contributed by atoms with E-state index in [0.29, 0.717) is 38.7 Å². The molecule has 182 valence electrons. The maximum Gasteiger partial charge on any atom is 0.244 e. The minimum absolute atomic E-state index is 0.328. The molecule has 3 aromatic carbocycles. The predicted octanol–water partition coefficient (Wildman–Crippen LogP) is 4.88. The first kappa shape index (κ1) is 23.3. The fourth-order valence-electron chi connectivity index (χ4n) is 5.99. The third-order valence-corrected chi connectivity index (χ3v) is 8.93. The number of methoxy groups -OCH3 is 1. The molecular formula is C27H19Cl3N2O4. The highest BCUT2D eigenvalue weighted by Crippen LogP contribution is 2.69. The molecule has 4 aliphatic rings. The molecule has 2 atom stereocenters. The number of imide groups is 1. The van der Waals surface area contributed by atoms with E-state index in [2.05, 4.69) is 5.32 Å². The van der Waals surface area contributed by atoms with E-state index in [1.807, 2.05) is 48.5 Å². The van der Waals surface area contributed by atoms with Crippen molar-refractivity contribution >= 4 is 58.2 Å². The number of alkyl halides is 2. The predicted molar refractivity (Wildman–Crippen MR) is 136 cm³/mol. The van der Waals surface area contributed by atoms with Gasteiger partial charge in [-0.1, -0.05) is 60.1 Å². The normalized spacial score (nSPS) is 27.4. The first-order chi connectivity index (χ1) is 17.2. The van der Waals surface area contributed by atoms with Gasteiger partial charge < -0.3 is 10.1 Å². The molecule has 2 bridgehead atoms. The molecule has 0 unspecified atom stereocenters. The van der Waals surface area contributed by atoms with Crippen LogP contribution in [0, 0.1) is 11.8 Å². The summed E-state index contributed by atoms with van der Waals surface area (Å²) in [5.41, 5.74) is 3.15. The summed E-state index contributed by atoms with van der Waals surface area (Å²) in [6.45, 7) is -0.493. The number of amides is 3. The van der Waals surface area contributed by atoms with Gasteiger partial charge in [0.15, 0.2) is 0 Å². The Labute approximate surface area is 222 Å². The van der Waals surface area contributed by atoms with Gasteiger partial charge in [0, 0.05) is 5.02 Å².